The quantitative estimate of drug-likeness (QED) is 0.723. The molecule has 0 unspecified atom stereocenters. The Labute approximate surface area is 105 Å². The van der Waals surface area contributed by atoms with Crippen molar-refractivity contribution in [2.45, 2.75) is 52.0 Å². The van der Waals surface area contributed by atoms with E-state index in [1.807, 2.05) is 0 Å². The first-order valence-electron chi connectivity index (χ1n) is 6.68. The summed E-state index contributed by atoms with van der Waals surface area (Å²) in [6, 6.07) is 0.720. The molecule has 2 nitrogen and oxygen atoms in total. The number of hydrogen-bond donors (Lipinski definition) is 2. The van der Waals surface area contributed by atoms with Gasteiger partial charge in [-0.05, 0) is 49.0 Å². The minimum Gasteiger partial charge on any atom is -0.396 e. The molecule has 0 amide bonds. The lowest BCUT2D eigenvalue weighted by Crippen LogP contribution is -2.41. The first kappa shape index (κ1) is 14.3. The topological polar surface area (TPSA) is 32.3 Å². The van der Waals surface area contributed by atoms with Crippen LogP contribution in [0.25, 0.3) is 0 Å². The molecule has 0 aromatic rings. The van der Waals surface area contributed by atoms with Crippen LogP contribution in [0.5, 0.6) is 0 Å². The van der Waals surface area contributed by atoms with Crippen molar-refractivity contribution in [1.82, 2.24) is 5.32 Å². The van der Waals surface area contributed by atoms with Crippen LogP contribution in [0.15, 0.2) is 0 Å². The Morgan fingerprint density at radius 1 is 1.25 bits per heavy atom. The monoisotopic (exact) mass is 245 g/mol. The van der Waals surface area contributed by atoms with Gasteiger partial charge in [-0.15, -0.1) is 0 Å². The van der Waals surface area contributed by atoms with Gasteiger partial charge in [-0.3, -0.25) is 0 Å². The maximum Gasteiger partial charge on any atom is 0.0436 e. The molecular formula is C13H27NOS. The van der Waals surface area contributed by atoms with Gasteiger partial charge in [0.05, 0.1) is 0 Å². The molecule has 0 radical (unpaired) electrons. The predicted molar refractivity (Wildman–Crippen MR) is 73.1 cm³/mol. The summed E-state index contributed by atoms with van der Waals surface area (Å²) in [5, 5.41) is 12.9. The second kappa shape index (κ2) is 7.57. The molecule has 16 heavy (non-hydrogen) atoms. The van der Waals surface area contributed by atoms with E-state index in [0.717, 1.165) is 19.0 Å². The van der Waals surface area contributed by atoms with Crippen molar-refractivity contribution >= 4 is 11.8 Å². The molecule has 1 aliphatic heterocycles. The van der Waals surface area contributed by atoms with Gasteiger partial charge in [0, 0.05) is 19.2 Å². The van der Waals surface area contributed by atoms with Crippen LogP contribution >= 0.6 is 11.8 Å². The van der Waals surface area contributed by atoms with Crippen LogP contribution in [0.3, 0.4) is 0 Å². The number of thioether (sulfide) groups is 1. The largest absolute Gasteiger partial charge is 0.396 e. The third-order valence-electron chi connectivity index (χ3n) is 4.13. The average Bonchev–Trinajstić information content (AvgIpc) is 2.36. The van der Waals surface area contributed by atoms with Crippen LogP contribution in [-0.2, 0) is 0 Å². The fraction of sp³-hybridized carbons (Fsp3) is 1.00. The van der Waals surface area contributed by atoms with Crippen LogP contribution < -0.4 is 5.32 Å². The number of aliphatic hydroxyl groups excluding tert-OH is 1. The summed E-state index contributed by atoms with van der Waals surface area (Å²) in [6.07, 6.45) is 5.89. The molecule has 96 valence electrons. The Morgan fingerprint density at radius 2 is 1.88 bits per heavy atom. The molecule has 0 spiro atoms. The zero-order valence-corrected chi connectivity index (χ0v) is 11.6. The van der Waals surface area contributed by atoms with Gasteiger partial charge in [-0.1, -0.05) is 13.8 Å². The van der Waals surface area contributed by atoms with E-state index < -0.39 is 0 Å². The van der Waals surface area contributed by atoms with E-state index in [9.17, 15) is 0 Å². The normalized spacial score (nSPS) is 18.9. The van der Waals surface area contributed by atoms with E-state index in [2.05, 4.69) is 30.9 Å². The van der Waals surface area contributed by atoms with Gasteiger partial charge >= 0.3 is 0 Å². The lowest BCUT2D eigenvalue weighted by atomic mass is 9.79. The number of rotatable bonds is 7. The van der Waals surface area contributed by atoms with Crippen molar-refractivity contribution in [1.29, 1.82) is 0 Å². The second-order valence-corrected chi connectivity index (χ2v) is 6.17. The SMILES string of the molecule is CCC(CC)(CCO)CNC1CCSCC1. The third-order valence-corrected chi connectivity index (χ3v) is 5.18. The molecule has 0 bridgehead atoms. The highest BCUT2D eigenvalue weighted by Crippen LogP contribution is 2.30. The summed E-state index contributed by atoms with van der Waals surface area (Å²) >= 11 is 2.07. The summed E-state index contributed by atoms with van der Waals surface area (Å²) < 4.78 is 0. The third kappa shape index (κ3) is 4.27. The fourth-order valence-electron chi connectivity index (χ4n) is 2.44. The van der Waals surface area contributed by atoms with Crippen molar-refractivity contribution in [3.05, 3.63) is 0 Å². The van der Waals surface area contributed by atoms with Crippen molar-refractivity contribution in [3.63, 3.8) is 0 Å². The van der Waals surface area contributed by atoms with Crippen molar-refractivity contribution in [2.24, 2.45) is 5.41 Å². The molecule has 1 heterocycles. The fourth-order valence-corrected chi connectivity index (χ4v) is 3.55. The molecule has 0 aromatic carbocycles. The van der Waals surface area contributed by atoms with Gasteiger partial charge in [-0.25, -0.2) is 0 Å². The van der Waals surface area contributed by atoms with Gasteiger partial charge in [0.2, 0.25) is 0 Å². The molecule has 0 saturated carbocycles. The Hall–Kier alpha value is 0.270. The smallest absolute Gasteiger partial charge is 0.0436 e. The van der Waals surface area contributed by atoms with Crippen molar-refractivity contribution < 1.29 is 5.11 Å². The summed E-state index contributed by atoms with van der Waals surface area (Å²) in [6.45, 7) is 5.90. The lowest BCUT2D eigenvalue weighted by Gasteiger charge is -2.34. The van der Waals surface area contributed by atoms with Gasteiger partial charge in [0.15, 0.2) is 0 Å². The Balaban J connectivity index is 2.35. The first-order chi connectivity index (χ1) is 7.76. The molecule has 3 heteroatoms. The van der Waals surface area contributed by atoms with Crippen LogP contribution in [-0.4, -0.2) is 35.8 Å². The summed E-state index contributed by atoms with van der Waals surface area (Å²) in [7, 11) is 0. The van der Waals surface area contributed by atoms with Gasteiger partial charge in [0.25, 0.3) is 0 Å². The maximum absolute atomic E-state index is 9.17. The Morgan fingerprint density at radius 3 is 2.38 bits per heavy atom. The van der Waals surface area contributed by atoms with Gasteiger partial charge in [-0.2, -0.15) is 11.8 Å². The molecular weight excluding hydrogens is 218 g/mol. The zero-order valence-electron chi connectivity index (χ0n) is 10.8. The molecule has 0 aliphatic carbocycles. The lowest BCUT2D eigenvalue weighted by molar-refractivity contribution is 0.158. The molecule has 1 fully saturated rings. The highest BCUT2D eigenvalue weighted by molar-refractivity contribution is 7.99. The molecule has 0 atom stereocenters. The van der Waals surface area contributed by atoms with E-state index in [4.69, 9.17) is 5.11 Å². The van der Waals surface area contributed by atoms with E-state index in [0.29, 0.717) is 12.0 Å². The standard InChI is InChI=1S/C13H27NOS/c1-3-13(4-2,7-8-15)11-14-12-5-9-16-10-6-12/h12,14-15H,3-11H2,1-2H3. The summed E-state index contributed by atoms with van der Waals surface area (Å²) in [5.74, 6) is 2.62. The van der Waals surface area contributed by atoms with Crippen LogP contribution in [0.4, 0.5) is 0 Å². The molecule has 0 aromatic heterocycles. The van der Waals surface area contributed by atoms with Crippen LogP contribution in [0, 0.1) is 5.41 Å². The minimum atomic E-state index is 0.319. The molecule has 2 N–H and O–H groups in total. The van der Waals surface area contributed by atoms with Gasteiger partial charge < -0.3 is 10.4 Å². The molecule has 1 rings (SSSR count). The minimum absolute atomic E-state index is 0.319. The predicted octanol–water partition coefficient (Wildman–Crippen LogP) is 2.66. The van der Waals surface area contributed by atoms with Crippen LogP contribution in [0.1, 0.15) is 46.0 Å². The summed E-state index contributed by atoms with van der Waals surface area (Å²) in [5.41, 5.74) is 0.319. The highest BCUT2D eigenvalue weighted by atomic mass is 32.2. The second-order valence-electron chi connectivity index (χ2n) is 4.95. The Kier molecular flexibility index (Phi) is 6.78. The number of hydrogen-bond acceptors (Lipinski definition) is 3. The van der Waals surface area contributed by atoms with Crippen molar-refractivity contribution in [3.8, 4) is 0 Å². The van der Waals surface area contributed by atoms with E-state index in [1.54, 1.807) is 0 Å². The average molecular weight is 245 g/mol. The Bertz CT molecular complexity index is 177. The highest BCUT2D eigenvalue weighted by Gasteiger charge is 2.26. The first-order valence-corrected chi connectivity index (χ1v) is 7.84. The molecule has 1 aliphatic rings. The van der Waals surface area contributed by atoms with Crippen molar-refractivity contribution in [2.75, 3.05) is 24.7 Å². The zero-order chi connectivity index (χ0) is 11.9. The van der Waals surface area contributed by atoms with Crippen LogP contribution in [0.2, 0.25) is 0 Å². The number of aliphatic hydroxyl groups is 1. The maximum atomic E-state index is 9.17. The number of nitrogens with one attached hydrogen (secondary N) is 1. The van der Waals surface area contributed by atoms with E-state index in [-0.39, 0.29) is 0 Å². The van der Waals surface area contributed by atoms with E-state index in [1.165, 1.54) is 37.2 Å². The molecule has 1 saturated heterocycles. The van der Waals surface area contributed by atoms with E-state index >= 15 is 0 Å². The summed E-state index contributed by atoms with van der Waals surface area (Å²) in [4.78, 5) is 0. The van der Waals surface area contributed by atoms with Gasteiger partial charge in [0.1, 0.15) is 0 Å².